The number of aromatic nitrogens is 3. The first kappa shape index (κ1) is 13.1. The average molecular weight is 302 g/mol. The van der Waals surface area contributed by atoms with Crippen molar-refractivity contribution in [2.24, 2.45) is 0 Å². The van der Waals surface area contributed by atoms with Gasteiger partial charge in [-0.05, 0) is 31.4 Å². The number of aliphatic hydroxyl groups is 1. The quantitative estimate of drug-likeness (QED) is 0.926. The normalized spacial score (nSPS) is 23.9. The van der Waals surface area contributed by atoms with E-state index in [9.17, 15) is 5.11 Å². The van der Waals surface area contributed by atoms with Crippen LogP contribution in [0.1, 0.15) is 25.5 Å². The van der Waals surface area contributed by atoms with E-state index in [2.05, 4.69) is 10.3 Å². The third-order valence-corrected chi connectivity index (χ3v) is 4.04. The van der Waals surface area contributed by atoms with Gasteiger partial charge >= 0.3 is 0 Å². The zero-order valence-corrected chi connectivity index (χ0v) is 11.6. The van der Waals surface area contributed by atoms with Crippen molar-refractivity contribution in [1.82, 2.24) is 15.0 Å². The van der Waals surface area contributed by atoms with Crippen molar-refractivity contribution in [3.63, 3.8) is 0 Å². The van der Waals surface area contributed by atoms with E-state index in [-0.39, 0.29) is 18.9 Å². The Morgan fingerprint density at radius 1 is 1.32 bits per heavy atom. The summed E-state index contributed by atoms with van der Waals surface area (Å²) in [6.45, 7) is 0.0235. The van der Waals surface area contributed by atoms with Crippen LogP contribution in [0.15, 0.2) is 12.1 Å². The monoisotopic (exact) mass is 301 g/mol. The molecule has 102 valence electrons. The minimum Gasteiger partial charge on any atom is -0.394 e. The molecule has 1 aliphatic rings. The third-order valence-electron chi connectivity index (χ3n) is 3.32. The second kappa shape index (κ2) is 5.25. The van der Waals surface area contributed by atoms with Crippen molar-refractivity contribution in [2.75, 3.05) is 6.61 Å². The summed E-state index contributed by atoms with van der Waals surface area (Å²) in [7, 11) is 0. The minimum atomic E-state index is -0.215. The highest BCUT2D eigenvalue weighted by atomic mass is 35.5. The van der Waals surface area contributed by atoms with Gasteiger partial charge in [0.05, 0.1) is 28.3 Å². The van der Waals surface area contributed by atoms with E-state index in [0.717, 1.165) is 24.8 Å². The van der Waals surface area contributed by atoms with Gasteiger partial charge in [-0.2, -0.15) is 0 Å². The van der Waals surface area contributed by atoms with Gasteiger partial charge in [0.15, 0.2) is 6.23 Å². The van der Waals surface area contributed by atoms with Crippen LogP contribution in [0.2, 0.25) is 10.0 Å². The maximum atomic E-state index is 9.19. The maximum absolute atomic E-state index is 9.19. The van der Waals surface area contributed by atoms with Crippen molar-refractivity contribution in [1.29, 1.82) is 0 Å². The molecular formula is C12H13Cl2N3O2. The lowest BCUT2D eigenvalue weighted by atomic mass is 10.1. The average Bonchev–Trinajstić information content (AvgIpc) is 2.82. The molecule has 1 aromatic heterocycles. The highest BCUT2D eigenvalue weighted by Crippen LogP contribution is 2.31. The van der Waals surface area contributed by atoms with E-state index < -0.39 is 0 Å². The topological polar surface area (TPSA) is 60.2 Å². The van der Waals surface area contributed by atoms with Gasteiger partial charge in [0.1, 0.15) is 5.52 Å². The van der Waals surface area contributed by atoms with Gasteiger partial charge in [-0.25, -0.2) is 4.68 Å². The second-order valence-corrected chi connectivity index (χ2v) is 5.43. The van der Waals surface area contributed by atoms with Crippen LogP contribution in [0.4, 0.5) is 0 Å². The van der Waals surface area contributed by atoms with Crippen molar-refractivity contribution >= 4 is 34.2 Å². The van der Waals surface area contributed by atoms with Gasteiger partial charge in [-0.3, -0.25) is 0 Å². The molecule has 1 aliphatic heterocycles. The molecule has 0 unspecified atom stereocenters. The number of hydrogen-bond acceptors (Lipinski definition) is 4. The first-order chi connectivity index (χ1) is 9.19. The first-order valence-electron chi connectivity index (χ1n) is 6.15. The van der Waals surface area contributed by atoms with E-state index in [1.54, 1.807) is 16.8 Å². The van der Waals surface area contributed by atoms with Crippen LogP contribution in [0.5, 0.6) is 0 Å². The lowest BCUT2D eigenvalue weighted by Gasteiger charge is -2.28. The smallest absolute Gasteiger partial charge is 0.153 e. The standard InChI is InChI=1S/C12H13Cl2N3O2/c13-8-4-10-11(5-9(8)14)17(16-15-10)12-3-1-2-7(6-18)19-12/h4-5,7,12,18H,1-3,6H2/t7-,12-/m0/s1. The Morgan fingerprint density at radius 3 is 2.89 bits per heavy atom. The highest BCUT2D eigenvalue weighted by Gasteiger charge is 2.25. The fourth-order valence-corrected chi connectivity index (χ4v) is 2.66. The van der Waals surface area contributed by atoms with Gasteiger partial charge in [0.25, 0.3) is 0 Å². The van der Waals surface area contributed by atoms with Crippen LogP contribution < -0.4 is 0 Å². The molecule has 0 bridgehead atoms. The van der Waals surface area contributed by atoms with E-state index in [1.165, 1.54) is 0 Å². The molecule has 0 amide bonds. The van der Waals surface area contributed by atoms with Crippen LogP contribution in [0.3, 0.4) is 0 Å². The zero-order valence-electron chi connectivity index (χ0n) is 10.1. The number of fused-ring (bicyclic) bond motifs is 1. The fourth-order valence-electron chi connectivity index (χ4n) is 2.34. The van der Waals surface area contributed by atoms with E-state index in [0.29, 0.717) is 15.6 Å². The molecule has 5 nitrogen and oxygen atoms in total. The molecule has 7 heteroatoms. The van der Waals surface area contributed by atoms with Crippen molar-refractivity contribution in [3.05, 3.63) is 22.2 Å². The summed E-state index contributed by atoms with van der Waals surface area (Å²) < 4.78 is 7.50. The SMILES string of the molecule is OC[C@@H]1CCC[C@@H](n2nnc3cc(Cl)c(Cl)cc32)O1. The van der Waals surface area contributed by atoms with Gasteiger partial charge in [-0.1, -0.05) is 28.4 Å². The number of rotatable bonds is 2. The summed E-state index contributed by atoms with van der Waals surface area (Å²) in [6, 6.07) is 3.43. The molecule has 19 heavy (non-hydrogen) atoms. The van der Waals surface area contributed by atoms with E-state index in [4.69, 9.17) is 27.9 Å². The summed E-state index contributed by atoms with van der Waals surface area (Å²) in [5.74, 6) is 0. The lowest BCUT2D eigenvalue weighted by Crippen LogP contribution is -2.29. The Hall–Kier alpha value is -0.880. The van der Waals surface area contributed by atoms with Crippen molar-refractivity contribution < 1.29 is 9.84 Å². The summed E-state index contributed by atoms with van der Waals surface area (Å²) >= 11 is 12.0. The van der Waals surface area contributed by atoms with E-state index >= 15 is 0 Å². The predicted molar refractivity (Wildman–Crippen MR) is 72.4 cm³/mol. The molecule has 1 N–H and O–H groups in total. The lowest BCUT2D eigenvalue weighted by molar-refractivity contribution is -0.110. The number of aliphatic hydroxyl groups excluding tert-OH is 1. The molecule has 1 fully saturated rings. The van der Waals surface area contributed by atoms with Gasteiger partial charge in [0, 0.05) is 0 Å². The van der Waals surface area contributed by atoms with E-state index in [1.807, 2.05) is 0 Å². The molecule has 0 spiro atoms. The summed E-state index contributed by atoms with van der Waals surface area (Å²) in [4.78, 5) is 0. The molecule has 0 radical (unpaired) electrons. The summed E-state index contributed by atoms with van der Waals surface area (Å²) in [5, 5.41) is 18.3. The number of ether oxygens (including phenoxy) is 1. The first-order valence-corrected chi connectivity index (χ1v) is 6.91. The molecule has 2 atom stereocenters. The van der Waals surface area contributed by atoms with Crippen molar-refractivity contribution in [2.45, 2.75) is 31.6 Å². The molecule has 2 heterocycles. The van der Waals surface area contributed by atoms with Crippen LogP contribution in [0, 0.1) is 0 Å². The third kappa shape index (κ3) is 2.43. The fraction of sp³-hybridized carbons (Fsp3) is 0.500. The summed E-state index contributed by atoms with van der Waals surface area (Å²) in [5.41, 5.74) is 1.47. The Kier molecular flexibility index (Phi) is 3.62. The Bertz CT molecular complexity index is 602. The zero-order chi connectivity index (χ0) is 13.4. The van der Waals surface area contributed by atoms with Crippen LogP contribution in [0.25, 0.3) is 11.0 Å². The second-order valence-electron chi connectivity index (χ2n) is 4.62. The van der Waals surface area contributed by atoms with Crippen LogP contribution >= 0.6 is 23.2 Å². The minimum absolute atomic E-state index is 0.0235. The van der Waals surface area contributed by atoms with Gasteiger partial charge in [-0.15, -0.1) is 5.10 Å². The molecule has 1 aromatic carbocycles. The number of benzene rings is 1. The Balaban J connectivity index is 1.98. The summed E-state index contributed by atoms with van der Waals surface area (Å²) in [6.07, 6.45) is 2.34. The number of nitrogens with zero attached hydrogens (tertiary/aromatic N) is 3. The molecule has 1 saturated heterocycles. The molecular weight excluding hydrogens is 289 g/mol. The van der Waals surface area contributed by atoms with Crippen molar-refractivity contribution in [3.8, 4) is 0 Å². The Morgan fingerprint density at radius 2 is 2.11 bits per heavy atom. The molecule has 2 aromatic rings. The van der Waals surface area contributed by atoms with Crippen LogP contribution in [-0.4, -0.2) is 32.8 Å². The number of halogens is 2. The van der Waals surface area contributed by atoms with Gasteiger partial charge in [0.2, 0.25) is 0 Å². The number of hydrogen-bond donors (Lipinski definition) is 1. The largest absolute Gasteiger partial charge is 0.394 e. The van der Waals surface area contributed by atoms with Gasteiger partial charge < -0.3 is 9.84 Å². The predicted octanol–water partition coefficient (Wildman–Crippen LogP) is 2.80. The molecule has 0 saturated carbocycles. The molecule has 3 rings (SSSR count). The Labute approximate surface area is 120 Å². The molecule has 0 aliphatic carbocycles. The van der Waals surface area contributed by atoms with Crippen LogP contribution in [-0.2, 0) is 4.74 Å². The highest BCUT2D eigenvalue weighted by molar-refractivity contribution is 6.42. The maximum Gasteiger partial charge on any atom is 0.153 e.